The Hall–Kier alpha value is -1.18. The molecule has 0 radical (unpaired) electrons. The zero-order valence-corrected chi connectivity index (χ0v) is 14.9. The molecule has 0 spiro atoms. The summed E-state index contributed by atoms with van der Waals surface area (Å²) in [5.41, 5.74) is 2.34. The number of hydrogen-bond acceptors (Lipinski definition) is 6. The second kappa shape index (κ2) is 19.9. The number of hydroxylamine groups is 1. The molecule has 7 heteroatoms. The zero-order chi connectivity index (χ0) is 17.7. The van der Waals surface area contributed by atoms with E-state index in [-0.39, 0.29) is 0 Å². The summed E-state index contributed by atoms with van der Waals surface area (Å²) in [7, 11) is 0. The minimum atomic E-state index is -1.31. The van der Waals surface area contributed by atoms with E-state index in [4.69, 9.17) is 5.11 Å². The Bertz CT molecular complexity index is 291. The summed E-state index contributed by atoms with van der Waals surface area (Å²) in [5.74, 6) is 0. The number of carbonyl (C=O) groups excluding carboxylic acids is 1. The Balaban J connectivity index is 2.98. The number of hydrogen-bond donors (Lipinski definition) is 4. The molecule has 0 aliphatic rings. The van der Waals surface area contributed by atoms with Crippen LogP contribution in [0.4, 0.5) is 4.79 Å². The molecule has 0 aromatic rings. The largest absolute Gasteiger partial charge is 0.525 e. The van der Waals surface area contributed by atoms with Gasteiger partial charge in [0.05, 0.1) is 0 Å². The van der Waals surface area contributed by atoms with Crippen molar-refractivity contribution in [3.63, 3.8) is 0 Å². The molecule has 0 atom stereocenters. The maximum absolute atomic E-state index is 10.2. The van der Waals surface area contributed by atoms with Crippen LogP contribution in [0.3, 0.4) is 0 Å². The van der Waals surface area contributed by atoms with Gasteiger partial charge in [0, 0.05) is 32.6 Å². The van der Waals surface area contributed by atoms with E-state index in [0.29, 0.717) is 13.1 Å². The first kappa shape index (κ1) is 22.8. The van der Waals surface area contributed by atoms with E-state index in [9.17, 15) is 9.59 Å². The molecule has 0 aromatic carbocycles. The smallest absolute Gasteiger partial charge is 0.448 e. The van der Waals surface area contributed by atoms with Gasteiger partial charge in [0.15, 0.2) is 0 Å². The molecule has 0 amide bonds. The lowest BCUT2D eigenvalue weighted by Crippen LogP contribution is -2.33. The van der Waals surface area contributed by atoms with Crippen molar-refractivity contribution in [3.8, 4) is 0 Å². The molecule has 0 saturated carbocycles. The minimum absolute atomic E-state index is 0.462. The highest BCUT2D eigenvalue weighted by atomic mass is 16.8. The summed E-state index contributed by atoms with van der Waals surface area (Å²) in [5, 5.41) is 14.8. The summed E-state index contributed by atoms with van der Waals surface area (Å²) >= 11 is 0. The average Bonchev–Trinajstić information content (AvgIpc) is 2.56. The van der Waals surface area contributed by atoms with Gasteiger partial charge in [0.2, 0.25) is 0 Å². The summed E-state index contributed by atoms with van der Waals surface area (Å²) in [4.78, 5) is 24.4. The molecule has 0 unspecified atom stereocenters. The van der Waals surface area contributed by atoms with E-state index in [1.165, 1.54) is 51.4 Å². The Labute approximate surface area is 145 Å². The SMILES string of the molecule is O=CCCCCCCCCCCCNCCNCCNOC(=O)O. The fourth-order valence-corrected chi connectivity index (χ4v) is 2.39. The lowest BCUT2D eigenvalue weighted by molar-refractivity contribution is -0.107. The molecule has 142 valence electrons. The maximum Gasteiger partial charge on any atom is 0.525 e. The second-order valence-corrected chi connectivity index (χ2v) is 5.90. The normalized spacial score (nSPS) is 10.7. The van der Waals surface area contributed by atoms with Gasteiger partial charge in [-0.05, 0) is 19.4 Å². The molecule has 4 N–H and O–H groups in total. The number of carboxylic acid groups (broad SMARTS) is 1. The Kier molecular flexibility index (Phi) is 18.9. The first-order valence-electron chi connectivity index (χ1n) is 9.25. The van der Waals surface area contributed by atoms with E-state index < -0.39 is 6.16 Å². The predicted octanol–water partition coefficient (Wildman–Crippen LogP) is 2.46. The van der Waals surface area contributed by atoms with Gasteiger partial charge in [-0.3, -0.25) is 0 Å². The predicted molar refractivity (Wildman–Crippen MR) is 95.1 cm³/mol. The highest BCUT2D eigenvalue weighted by Gasteiger charge is 1.95. The molecule has 0 aromatic heterocycles. The maximum atomic E-state index is 10.2. The van der Waals surface area contributed by atoms with E-state index in [2.05, 4.69) is 21.0 Å². The lowest BCUT2D eigenvalue weighted by Gasteiger charge is -2.07. The van der Waals surface area contributed by atoms with Crippen molar-refractivity contribution in [3.05, 3.63) is 0 Å². The van der Waals surface area contributed by atoms with Crippen LogP contribution in [0.15, 0.2) is 0 Å². The van der Waals surface area contributed by atoms with E-state index >= 15 is 0 Å². The van der Waals surface area contributed by atoms with Gasteiger partial charge in [-0.15, -0.1) is 5.48 Å². The monoisotopic (exact) mass is 345 g/mol. The van der Waals surface area contributed by atoms with Gasteiger partial charge in [-0.2, -0.15) is 0 Å². The molecule has 0 fully saturated rings. The van der Waals surface area contributed by atoms with Gasteiger partial charge < -0.3 is 25.4 Å². The minimum Gasteiger partial charge on any atom is -0.448 e. The molecular weight excluding hydrogens is 310 g/mol. The number of nitrogens with one attached hydrogen (secondary N) is 3. The summed E-state index contributed by atoms with van der Waals surface area (Å²) < 4.78 is 0. The standard InChI is InChI=1S/C17H35N3O4/c21-16-10-8-6-4-2-1-3-5-7-9-11-18-12-13-19-14-15-20-24-17(22)23/h16,18-20H,1-15H2,(H,22,23). The first-order chi connectivity index (χ1) is 11.8. The molecule has 0 saturated heterocycles. The van der Waals surface area contributed by atoms with Crippen LogP contribution in [-0.2, 0) is 9.63 Å². The summed E-state index contributed by atoms with van der Waals surface area (Å²) in [6.07, 6.45) is 11.7. The molecule has 0 bridgehead atoms. The molecule has 0 aliphatic carbocycles. The topological polar surface area (TPSA) is 99.7 Å². The fraction of sp³-hybridized carbons (Fsp3) is 0.882. The second-order valence-electron chi connectivity index (χ2n) is 5.90. The van der Waals surface area contributed by atoms with Crippen LogP contribution in [0, 0.1) is 0 Å². The van der Waals surface area contributed by atoms with Crippen molar-refractivity contribution in [2.24, 2.45) is 0 Å². The van der Waals surface area contributed by atoms with Crippen LogP contribution < -0.4 is 16.1 Å². The van der Waals surface area contributed by atoms with E-state index in [0.717, 1.165) is 38.8 Å². The van der Waals surface area contributed by atoms with Crippen molar-refractivity contribution < 1.29 is 19.5 Å². The van der Waals surface area contributed by atoms with Gasteiger partial charge in [-0.25, -0.2) is 4.79 Å². The van der Waals surface area contributed by atoms with Gasteiger partial charge in [0.1, 0.15) is 6.29 Å². The summed E-state index contributed by atoms with van der Waals surface area (Å²) in [6, 6.07) is 0. The number of aldehydes is 1. The Morgan fingerprint density at radius 1 is 0.750 bits per heavy atom. The average molecular weight is 345 g/mol. The van der Waals surface area contributed by atoms with Crippen molar-refractivity contribution in [2.75, 3.05) is 32.7 Å². The molecular formula is C17H35N3O4. The number of rotatable bonds is 19. The molecule has 0 aliphatic heterocycles. The van der Waals surface area contributed by atoms with Gasteiger partial charge in [-0.1, -0.05) is 44.9 Å². The summed E-state index contributed by atoms with van der Waals surface area (Å²) in [6.45, 7) is 3.96. The highest BCUT2D eigenvalue weighted by Crippen LogP contribution is 2.09. The van der Waals surface area contributed by atoms with Crippen LogP contribution in [0.5, 0.6) is 0 Å². The van der Waals surface area contributed by atoms with Crippen LogP contribution in [0.1, 0.15) is 64.2 Å². The zero-order valence-electron chi connectivity index (χ0n) is 14.9. The van der Waals surface area contributed by atoms with Crippen LogP contribution in [0.2, 0.25) is 0 Å². The first-order valence-corrected chi connectivity index (χ1v) is 9.25. The highest BCUT2D eigenvalue weighted by molar-refractivity contribution is 5.56. The fourth-order valence-electron chi connectivity index (χ4n) is 2.39. The van der Waals surface area contributed by atoms with Gasteiger partial charge >= 0.3 is 6.16 Å². The lowest BCUT2D eigenvalue weighted by atomic mass is 10.1. The third-order valence-corrected chi connectivity index (χ3v) is 3.72. The molecule has 7 nitrogen and oxygen atoms in total. The quantitative estimate of drug-likeness (QED) is 0.162. The van der Waals surface area contributed by atoms with Crippen LogP contribution in [-0.4, -0.2) is 50.3 Å². The molecule has 24 heavy (non-hydrogen) atoms. The van der Waals surface area contributed by atoms with E-state index in [1.807, 2.05) is 0 Å². The van der Waals surface area contributed by atoms with Crippen molar-refractivity contribution in [1.29, 1.82) is 0 Å². The van der Waals surface area contributed by atoms with Crippen molar-refractivity contribution >= 4 is 12.4 Å². The third-order valence-electron chi connectivity index (χ3n) is 3.72. The molecule has 0 heterocycles. The van der Waals surface area contributed by atoms with Crippen molar-refractivity contribution in [1.82, 2.24) is 16.1 Å². The number of carbonyl (C=O) groups is 2. The molecule has 0 rings (SSSR count). The van der Waals surface area contributed by atoms with Gasteiger partial charge in [0.25, 0.3) is 0 Å². The Morgan fingerprint density at radius 3 is 1.83 bits per heavy atom. The van der Waals surface area contributed by atoms with E-state index in [1.54, 1.807) is 0 Å². The third kappa shape index (κ3) is 20.8. The number of unbranched alkanes of at least 4 members (excludes halogenated alkanes) is 9. The van der Waals surface area contributed by atoms with Crippen LogP contribution in [0.25, 0.3) is 0 Å². The van der Waals surface area contributed by atoms with Crippen molar-refractivity contribution in [2.45, 2.75) is 64.2 Å². The van der Waals surface area contributed by atoms with Crippen LogP contribution >= 0.6 is 0 Å². The Morgan fingerprint density at radius 2 is 1.25 bits per heavy atom.